The fourth-order valence-corrected chi connectivity index (χ4v) is 2.42. The topological polar surface area (TPSA) is 66.4 Å². The third kappa shape index (κ3) is 2.67. The van der Waals surface area contributed by atoms with Crippen LogP contribution >= 0.6 is 11.3 Å². The minimum atomic E-state index is -1.16. The summed E-state index contributed by atoms with van der Waals surface area (Å²) < 4.78 is 25.8. The highest BCUT2D eigenvalue weighted by molar-refractivity contribution is 7.12. The molecule has 0 unspecified atom stereocenters. The van der Waals surface area contributed by atoms with Crippen molar-refractivity contribution in [1.29, 1.82) is 0 Å². The summed E-state index contributed by atoms with van der Waals surface area (Å²) in [6, 6.07) is 2.71. The minimum absolute atomic E-state index is 0.0153. The van der Waals surface area contributed by atoms with Crippen molar-refractivity contribution < 1.29 is 23.5 Å². The van der Waals surface area contributed by atoms with Crippen LogP contribution in [0, 0.1) is 18.6 Å². The zero-order valence-electron chi connectivity index (χ0n) is 10.2. The first-order valence-electron chi connectivity index (χ1n) is 5.48. The number of halogens is 2. The molecule has 0 saturated carbocycles. The second kappa shape index (κ2) is 5.38. The van der Waals surface area contributed by atoms with Gasteiger partial charge in [0.05, 0.1) is 5.69 Å². The number of aryl methyl sites for hydroxylation is 1. The fraction of sp³-hybridized carbons (Fsp3) is 0.0769. The number of carboxylic acids is 1. The average Bonchev–Trinajstić information content (AvgIpc) is 2.74. The van der Waals surface area contributed by atoms with E-state index in [9.17, 15) is 18.4 Å². The predicted octanol–water partition coefficient (Wildman–Crippen LogP) is 3.29. The Morgan fingerprint density at radius 1 is 1.25 bits per heavy atom. The molecule has 1 aromatic carbocycles. The first-order chi connectivity index (χ1) is 9.40. The minimum Gasteiger partial charge on any atom is -0.477 e. The van der Waals surface area contributed by atoms with Crippen LogP contribution in [0.4, 0.5) is 14.5 Å². The van der Waals surface area contributed by atoms with E-state index in [2.05, 4.69) is 5.32 Å². The molecular weight excluding hydrogens is 288 g/mol. The van der Waals surface area contributed by atoms with Gasteiger partial charge in [-0.15, -0.1) is 11.3 Å². The molecule has 1 heterocycles. The van der Waals surface area contributed by atoms with Gasteiger partial charge in [0.1, 0.15) is 4.88 Å². The zero-order chi connectivity index (χ0) is 14.9. The molecule has 0 aliphatic rings. The van der Waals surface area contributed by atoms with E-state index < -0.39 is 23.5 Å². The smallest absolute Gasteiger partial charge is 0.348 e. The highest BCUT2D eigenvalue weighted by Crippen LogP contribution is 2.28. The lowest BCUT2D eigenvalue weighted by Gasteiger charge is -2.06. The number of thiophene rings is 1. The number of hydrogen-bond donors (Lipinski definition) is 2. The summed E-state index contributed by atoms with van der Waals surface area (Å²) in [5.74, 6) is -4.06. The summed E-state index contributed by atoms with van der Waals surface area (Å²) in [4.78, 5) is 22.9. The molecule has 0 aliphatic carbocycles. The molecule has 1 amide bonds. The van der Waals surface area contributed by atoms with Crippen molar-refractivity contribution in [2.75, 3.05) is 5.32 Å². The molecule has 0 bridgehead atoms. The Hall–Kier alpha value is -2.28. The molecule has 0 saturated heterocycles. The molecule has 1 aromatic heterocycles. The molecule has 7 heteroatoms. The molecule has 0 radical (unpaired) electrons. The van der Waals surface area contributed by atoms with E-state index >= 15 is 0 Å². The number of aromatic carboxylic acids is 1. The van der Waals surface area contributed by atoms with Gasteiger partial charge in [0.25, 0.3) is 5.91 Å². The Labute approximate surface area is 116 Å². The van der Waals surface area contributed by atoms with Crippen molar-refractivity contribution in [3.8, 4) is 0 Å². The van der Waals surface area contributed by atoms with Crippen LogP contribution in [-0.4, -0.2) is 17.0 Å². The van der Waals surface area contributed by atoms with Crippen LogP contribution in [-0.2, 0) is 0 Å². The van der Waals surface area contributed by atoms with Crippen LogP contribution < -0.4 is 5.32 Å². The van der Waals surface area contributed by atoms with Crippen LogP contribution in [0.2, 0.25) is 0 Å². The number of nitrogens with one attached hydrogen (secondary N) is 1. The van der Waals surface area contributed by atoms with Crippen molar-refractivity contribution in [1.82, 2.24) is 0 Å². The molecule has 104 valence electrons. The lowest BCUT2D eigenvalue weighted by atomic mass is 10.2. The van der Waals surface area contributed by atoms with Gasteiger partial charge in [0.2, 0.25) is 0 Å². The van der Waals surface area contributed by atoms with Gasteiger partial charge < -0.3 is 10.4 Å². The number of amides is 1. The monoisotopic (exact) mass is 297 g/mol. The second-order valence-corrected chi connectivity index (χ2v) is 4.89. The third-order valence-corrected chi connectivity index (χ3v) is 3.68. The number of carbonyl (C=O) groups excluding carboxylic acids is 1. The van der Waals surface area contributed by atoms with Crippen molar-refractivity contribution in [2.45, 2.75) is 6.92 Å². The Morgan fingerprint density at radius 3 is 2.55 bits per heavy atom. The average molecular weight is 297 g/mol. The predicted molar refractivity (Wildman–Crippen MR) is 70.3 cm³/mol. The van der Waals surface area contributed by atoms with Crippen molar-refractivity contribution in [3.63, 3.8) is 0 Å². The number of anilines is 1. The van der Waals surface area contributed by atoms with Gasteiger partial charge >= 0.3 is 5.97 Å². The fourth-order valence-electron chi connectivity index (χ4n) is 1.58. The SMILES string of the molecule is Cc1csc(C(=O)O)c1NC(=O)c1ccc(F)c(F)c1. The molecule has 0 spiro atoms. The van der Waals surface area contributed by atoms with Gasteiger partial charge in [0.15, 0.2) is 11.6 Å². The van der Waals surface area contributed by atoms with E-state index in [4.69, 9.17) is 5.11 Å². The second-order valence-electron chi connectivity index (χ2n) is 4.01. The summed E-state index contributed by atoms with van der Waals surface area (Å²) in [7, 11) is 0. The van der Waals surface area contributed by atoms with Crippen molar-refractivity contribution >= 4 is 28.9 Å². The van der Waals surface area contributed by atoms with Crippen LogP contribution in [0.5, 0.6) is 0 Å². The zero-order valence-corrected chi connectivity index (χ0v) is 11.1. The van der Waals surface area contributed by atoms with E-state index in [0.717, 1.165) is 29.5 Å². The molecule has 0 fully saturated rings. The Kier molecular flexibility index (Phi) is 3.80. The Balaban J connectivity index is 2.30. The van der Waals surface area contributed by atoms with Crippen LogP contribution in [0.3, 0.4) is 0 Å². The number of carboxylic acid groups (broad SMARTS) is 1. The van der Waals surface area contributed by atoms with Gasteiger partial charge in [-0.3, -0.25) is 4.79 Å². The Morgan fingerprint density at radius 2 is 1.95 bits per heavy atom. The number of benzene rings is 1. The normalized spacial score (nSPS) is 10.3. The van der Waals surface area contributed by atoms with Crippen molar-refractivity contribution in [3.05, 3.63) is 51.2 Å². The number of rotatable bonds is 3. The molecular formula is C13H9F2NO3S. The third-order valence-electron chi connectivity index (χ3n) is 2.59. The summed E-state index contributed by atoms with van der Waals surface area (Å²) in [5.41, 5.74) is 0.659. The van der Waals surface area contributed by atoms with E-state index in [-0.39, 0.29) is 16.1 Å². The summed E-state index contributed by atoms with van der Waals surface area (Å²) in [6.07, 6.45) is 0. The van der Waals surface area contributed by atoms with E-state index in [0.29, 0.717) is 5.56 Å². The standard InChI is InChI=1S/C13H9F2NO3S/c1-6-5-20-11(13(18)19)10(6)16-12(17)7-2-3-8(14)9(15)4-7/h2-5H,1H3,(H,16,17)(H,18,19). The van der Waals surface area contributed by atoms with Crippen molar-refractivity contribution in [2.24, 2.45) is 0 Å². The van der Waals surface area contributed by atoms with Gasteiger partial charge in [-0.1, -0.05) is 0 Å². The van der Waals surface area contributed by atoms with Gasteiger partial charge in [0, 0.05) is 5.56 Å². The highest BCUT2D eigenvalue weighted by Gasteiger charge is 2.18. The molecule has 2 aromatic rings. The highest BCUT2D eigenvalue weighted by atomic mass is 32.1. The summed E-state index contributed by atoms with van der Waals surface area (Å²) in [5, 5.41) is 13.0. The molecule has 20 heavy (non-hydrogen) atoms. The number of hydrogen-bond acceptors (Lipinski definition) is 3. The quantitative estimate of drug-likeness (QED) is 0.913. The molecule has 2 rings (SSSR count). The maximum Gasteiger partial charge on any atom is 0.348 e. The lowest BCUT2D eigenvalue weighted by molar-refractivity contribution is 0.0703. The summed E-state index contributed by atoms with van der Waals surface area (Å²) >= 11 is 0.979. The maximum absolute atomic E-state index is 13.1. The summed E-state index contributed by atoms with van der Waals surface area (Å²) in [6.45, 7) is 1.64. The van der Waals surface area contributed by atoms with Gasteiger partial charge in [-0.05, 0) is 36.1 Å². The van der Waals surface area contributed by atoms with Crippen LogP contribution in [0.25, 0.3) is 0 Å². The first-order valence-corrected chi connectivity index (χ1v) is 6.36. The molecule has 0 aliphatic heterocycles. The first kappa shape index (κ1) is 14.1. The van der Waals surface area contributed by atoms with Gasteiger partial charge in [-0.25, -0.2) is 13.6 Å². The van der Waals surface area contributed by atoms with E-state index in [1.807, 2.05) is 0 Å². The molecule has 0 atom stereocenters. The maximum atomic E-state index is 13.1. The molecule has 2 N–H and O–H groups in total. The van der Waals surface area contributed by atoms with Gasteiger partial charge in [-0.2, -0.15) is 0 Å². The van der Waals surface area contributed by atoms with E-state index in [1.54, 1.807) is 12.3 Å². The van der Waals surface area contributed by atoms with E-state index in [1.165, 1.54) is 0 Å². The lowest BCUT2D eigenvalue weighted by Crippen LogP contribution is -2.14. The van der Waals surface area contributed by atoms with Crippen LogP contribution in [0.1, 0.15) is 25.6 Å². The largest absolute Gasteiger partial charge is 0.477 e. The number of carbonyl (C=O) groups is 2. The van der Waals surface area contributed by atoms with Crippen LogP contribution in [0.15, 0.2) is 23.6 Å². The Bertz CT molecular complexity index is 697. The molecule has 4 nitrogen and oxygen atoms in total.